The van der Waals surface area contributed by atoms with E-state index in [1.165, 1.54) is 6.26 Å². The fraction of sp³-hybridized carbons (Fsp3) is 0.261. The summed E-state index contributed by atoms with van der Waals surface area (Å²) in [7, 11) is -3.33. The number of rotatable bonds is 7. The molecular weight excluding hydrogens is 386 g/mol. The predicted molar refractivity (Wildman–Crippen MR) is 111 cm³/mol. The Morgan fingerprint density at radius 2 is 1.52 bits per heavy atom. The first kappa shape index (κ1) is 19.5. The van der Waals surface area contributed by atoms with Gasteiger partial charge < -0.3 is 9.32 Å². The van der Waals surface area contributed by atoms with Crippen LogP contribution >= 0.6 is 0 Å². The van der Waals surface area contributed by atoms with Gasteiger partial charge in [0.1, 0.15) is 11.5 Å². The monoisotopic (exact) mass is 409 g/mol. The Morgan fingerprint density at radius 1 is 0.931 bits per heavy atom. The van der Waals surface area contributed by atoms with Crippen LogP contribution in [-0.4, -0.2) is 37.6 Å². The molecule has 1 saturated heterocycles. The highest BCUT2D eigenvalue weighted by Gasteiger charge is 2.40. The topological polar surface area (TPSA) is 67.6 Å². The van der Waals surface area contributed by atoms with Crippen molar-refractivity contribution in [1.82, 2.24) is 4.90 Å². The number of carbonyl (C=O) groups excluding carboxylic acids is 1. The number of furan rings is 1. The van der Waals surface area contributed by atoms with Gasteiger partial charge in [-0.1, -0.05) is 60.7 Å². The maximum atomic E-state index is 12.9. The van der Waals surface area contributed by atoms with E-state index in [0.717, 1.165) is 11.1 Å². The molecule has 0 saturated carbocycles. The van der Waals surface area contributed by atoms with Crippen LogP contribution in [0, 0.1) is 0 Å². The van der Waals surface area contributed by atoms with Crippen molar-refractivity contribution in [3.63, 3.8) is 0 Å². The van der Waals surface area contributed by atoms with Crippen LogP contribution in [0.2, 0.25) is 0 Å². The Kier molecular flexibility index (Phi) is 5.53. The standard InChI is InChI=1S/C23H23NO4S/c25-23(24-15-21(16-24)29(26,27)17-20-12-7-13-28-20)14-22(18-8-3-1-4-9-18)19-10-5-2-6-11-19/h1-13,21-22H,14-17H2. The molecule has 1 fully saturated rings. The van der Waals surface area contributed by atoms with Crippen LogP contribution in [0.3, 0.4) is 0 Å². The first-order chi connectivity index (χ1) is 14.0. The largest absolute Gasteiger partial charge is 0.468 e. The summed E-state index contributed by atoms with van der Waals surface area (Å²) < 4.78 is 30.2. The number of amides is 1. The molecule has 0 atom stereocenters. The van der Waals surface area contributed by atoms with Gasteiger partial charge in [0.05, 0.1) is 11.5 Å². The van der Waals surface area contributed by atoms with Crippen molar-refractivity contribution >= 4 is 15.7 Å². The Morgan fingerprint density at radius 3 is 2.03 bits per heavy atom. The Bertz CT molecular complexity index is 1000. The molecule has 5 nitrogen and oxygen atoms in total. The molecule has 2 heterocycles. The van der Waals surface area contributed by atoms with Gasteiger partial charge >= 0.3 is 0 Å². The molecular formula is C23H23NO4S. The zero-order valence-electron chi connectivity index (χ0n) is 16.0. The van der Waals surface area contributed by atoms with Gasteiger partial charge in [0.2, 0.25) is 5.91 Å². The number of likely N-dealkylation sites (tertiary alicyclic amines) is 1. The predicted octanol–water partition coefficient (Wildman–Crippen LogP) is 3.63. The lowest BCUT2D eigenvalue weighted by Crippen LogP contribution is -2.57. The minimum absolute atomic E-state index is 0.0212. The van der Waals surface area contributed by atoms with E-state index in [1.807, 2.05) is 60.7 Å². The number of sulfone groups is 1. The minimum atomic E-state index is -3.33. The summed E-state index contributed by atoms with van der Waals surface area (Å²) in [5.74, 6) is 0.238. The van der Waals surface area contributed by atoms with E-state index >= 15 is 0 Å². The van der Waals surface area contributed by atoms with Crippen molar-refractivity contribution in [3.05, 3.63) is 95.9 Å². The molecule has 0 spiro atoms. The Hall–Kier alpha value is -2.86. The Balaban J connectivity index is 1.42. The number of nitrogens with zero attached hydrogens (tertiary/aromatic N) is 1. The summed E-state index contributed by atoms with van der Waals surface area (Å²) in [4.78, 5) is 14.5. The zero-order chi connectivity index (χ0) is 20.3. The maximum Gasteiger partial charge on any atom is 0.223 e. The molecule has 29 heavy (non-hydrogen) atoms. The average Bonchev–Trinajstić information content (AvgIpc) is 3.18. The van der Waals surface area contributed by atoms with Gasteiger partial charge in [-0.15, -0.1) is 0 Å². The number of benzene rings is 2. The second-order valence-corrected chi connectivity index (χ2v) is 9.67. The van der Waals surface area contributed by atoms with Gasteiger partial charge in [0, 0.05) is 25.4 Å². The Labute approximate surface area is 170 Å². The molecule has 0 bridgehead atoms. The van der Waals surface area contributed by atoms with Gasteiger partial charge in [-0.05, 0) is 23.3 Å². The van der Waals surface area contributed by atoms with Crippen LogP contribution in [0.4, 0.5) is 0 Å². The van der Waals surface area contributed by atoms with E-state index in [2.05, 4.69) is 0 Å². The quantitative estimate of drug-likeness (QED) is 0.598. The normalized spacial score (nSPS) is 14.7. The van der Waals surface area contributed by atoms with Crippen molar-refractivity contribution in [2.45, 2.75) is 23.3 Å². The van der Waals surface area contributed by atoms with Gasteiger partial charge in [0.25, 0.3) is 0 Å². The fourth-order valence-electron chi connectivity index (χ4n) is 3.68. The van der Waals surface area contributed by atoms with Crippen LogP contribution in [0.25, 0.3) is 0 Å². The van der Waals surface area contributed by atoms with Crippen LogP contribution in [-0.2, 0) is 20.4 Å². The minimum Gasteiger partial charge on any atom is -0.468 e. The van der Waals surface area contributed by atoms with Gasteiger partial charge in [-0.2, -0.15) is 0 Å². The van der Waals surface area contributed by atoms with Crippen LogP contribution in [0.1, 0.15) is 29.2 Å². The second kappa shape index (κ2) is 8.25. The first-order valence-corrected chi connectivity index (χ1v) is 11.4. The molecule has 150 valence electrons. The molecule has 1 aliphatic rings. The van der Waals surface area contributed by atoms with Crippen molar-refractivity contribution in [2.24, 2.45) is 0 Å². The third-order valence-corrected chi connectivity index (χ3v) is 7.42. The van der Waals surface area contributed by atoms with E-state index in [4.69, 9.17) is 4.42 Å². The summed E-state index contributed by atoms with van der Waals surface area (Å²) in [5, 5.41) is -0.525. The molecule has 1 aromatic heterocycles. The molecule has 6 heteroatoms. The lowest BCUT2D eigenvalue weighted by atomic mass is 9.88. The SMILES string of the molecule is O=C(CC(c1ccccc1)c1ccccc1)N1CC(S(=O)(=O)Cc2ccco2)C1. The highest BCUT2D eigenvalue weighted by Crippen LogP contribution is 2.30. The molecule has 4 rings (SSSR count). The van der Waals surface area contributed by atoms with E-state index in [9.17, 15) is 13.2 Å². The van der Waals surface area contributed by atoms with Crippen LogP contribution in [0.5, 0.6) is 0 Å². The van der Waals surface area contributed by atoms with Gasteiger partial charge in [-0.25, -0.2) is 8.42 Å². The van der Waals surface area contributed by atoms with Crippen LogP contribution < -0.4 is 0 Å². The smallest absolute Gasteiger partial charge is 0.223 e. The molecule has 1 aliphatic heterocycles. The van der Waals surface area contributed by atoms with E-state index in [0.29, 0.717) is 12.2 Å². The fourth-order valence-corrected chi connectivity index (χ4v) is 5.29. The molecule has 0 radical (unpaired) electrons. The number of carbonyl (C=O) groups is 1. The van der Waals surface area contributed by atoms with Crippen LogP contribution in [0.15, 0.2) is 83.5 Å². The average molecular weight is 410 g/mol. The number of hydrogen-bond donors (Lipinski definition) is 0. The van der Waals surface area contributed by atoms with E-state index in [-0.39, 0.29) is 30.7 Å². The molecule has 0 unspecified atom stereocenters. The molecule has 0 aliphatic carbocycles. The third-order valence-electron chi connectivity index (χ3n) is 5.41. The highest BCUT2D eigenvalue weighted by atomic mass is 32.2. The lowest BCUT2D eigenvalue weighted by molar-refractivity contribution is -0.134. The zero-order valence-corrected chi connectivity index (χ0v) is 16.8. The van der Waals surface area contributed by atoms with Crippen molar-refractivity contribution < 1.29 is 17.6 Å². The summed E-state index contributed by atoms with van der Waals surface area (Å²) in [5.41, 5.74) is 2.16. The highest BCUT2D eigenvalue weighted by molar-refractivity contribution is 7.91. The maximum absolute atomic E-state index is 12.9. The summed E-state index contributed by atoms with van der Waals surface area (Å²) in [6.45, 7) is 0.496. The summed E-state index contributed by atoms with van der Waals surface area (Å²) >= 11 is 0. The molecule has 0 N–H and O–H groups in total. The van der Waals surface area contributed by atoms with E-state index in [1.54, 1.807) is 17.0 Å². The number of hydrogen-bond acceptors (Lipinski definition) is 4. The molecule has 1 amide bonds. The van der Waals surface area contributed by atoms with Crippen molar-refractivity contribution in [2.75, 3.05) is 13.1 Å². The van der Waals surface area contributed by atoms with Gasteiger partial charge in [0.15, 0.2) is 9.84 Å². The molecule has 2 aromatic carbocycles. The summed E-state index contributed by atoms with van der Waals surface area (Å²) in [6, 6.07) is 23.2. The summed E-state index contributed by atoms with van der Waals surface area (Å²) in [6.07, 6.45) is 1.79. The van der Waals surface area contributed by atoms with Crippen molar-refractivity contribution in [3.8, 4) is 0 Å². The van der Waals surface area contributed by atoms with Crippen molar-refractivity contribution in [1.29, 1.82) is 0 Å². The third kappa shape index (κ3) is 4.43. The van der Waals surface area contributed by atoms with E-state index < -0.39 is 15.1 Å². The van der Waals surface area contributed by atoms with Gasteiger partial charge in [-0.3, -0.25) is 4.79 Å². The second-order valence-electron chi connectivity index (χ2n) is 7.39. The lowest BCUT2D eigenvalue weighted by Gasteiger charge is -2.39. The first-order valence-electron chi connectivity index (χ1n) is 9.64. The molecule has 3 aromatic rings.